The number of rotatable bonds is 6. The van der Waals surface area contributed by atoms with Crippen LogP contribution in [0.5, 0.6) is 0 Å². The van der Waals surface area contributed by atoms with E-state index in [1.807, 2.05) is 0 Å². The van der Waals surface area contributed by atoms with Gasteiger partial charge in [0.2, 0.25) is 0 Å². The van der Waals surface area contributed by atoms with Crippen molar-refractivity contribution in [3.8, 4) is 0 Å². The van der Waals surface area contributed by atoms with Gasteiger partial charge in [0.05, 0.1) is 13.7 Å². The molecule has 122 valence electrons. The minimum atomic E-state index is -1.12. The lowest BCUT2D eigenvalue weighted by Crippen LogP contribution is -2.45. The predicted molar refractivity (Wildman–Crippen MR) is 82.5 cm³/mol. The van der Waals surface area contributed by atoms with E-state index in [4.69, 9.17) is 9.47 Å². The molecule has 0 spiro atoms. The molecule has 0 unspecified atom stereocenters. The third kappa shape index (κ3) is 3.77. The van der Waals surface area contributed by atoms with E-state index in [9.17, 15) is 14.4 Å². The Morgan fingerprint density at radius 3 is 2.61 bits per heavy atom. The van der Waals surface area contributed by atoms with Crippen LogP contribution in [-0.4, -0.2) is 37.1 Å². The number of carbonyl (C=O) groups excluding carboxylic acids is 3. The van der Waals surface area contributed by atoms with Crippen molar-refractivity contribution in [3.05, 3.63) is 48.0 Å². The molecule has 1 aliphatic rings. The summed E-state index contributed by atoms with van der Waals surface area (Å²) in [7, 11) is 1.27. The van der Waals surface area contributed by atoms with E-state index in [1.54, 1.807) is 43.3 Å². The first-order valence-electron chi connectivity index (χ1n) is 7.34. The van der Waals surface area contributed by atoms with E-state index < -0.39 is 17.5 Å². The maximum absolute atomic E-state index is 12.3. The van der Waals surface area contributed by atoms with Gasteiger partial charge in [-0.15, -0.1) is 0 Å². The van der Waals surface area contributed by atoms with Gasteiger partial charge in [-0.05, 0) is 25.5 Å². The molecule has 1 aromatic carbocycles. The molecule has 0 saturated heterocycles. The van der Waals surface area contributed by atoms with E-state index in [0.29, 0.717) is 12.0 Å². The molecule has 23 heavy (non-hydrogen) atoms. The van der Waals surface area contributed by atoms with Crippen LogP contribution in [0, 0.1) is 5.92 Å². The predicted octanol–water partition coefficient (Wildman–Crippen LogP) is 1.47. The van der Waals surface area contributed by atoms with E-state index in [0.717, 1.165) is 0 Å². The van der Waals surface area contributed by atoms with Gasteiger partial charge in [0.15, 0.2) is 0 Å². The average Bonchev–Trinajstić information content (AvgIpc) is 3.27. The van der Waals surface area contributed by atoms with Crippen LogP contribution in [0.3, 0.4) is 0 Å². The van der Waals surface area contributed by atoms with E-state index in [1.165, 1.54) is 13.2 Å². The number of hydrogen-bond acceptors (Lipinski definition) is 5. The number of esters is 2. The lowest BCUT2D eigenvalue weighted by Gasteiger charge is -2.16. The van der Waals surface area contributed by atoms with Gasteiger partial charge in [-0.1, -0.05) is 24.3 Å². The molecule has 6 heteroatoms. The topological polar surface area (TPSA) is 81.7 Å². The van der Waals surface area contributed by atoms with Gasteiger partial charge >= 0.3 is 11.9 Å². The van der Waals surface area contributed by atoms with Crippen molar-refractivity contribution in [2.24, 2.45) is 5.92 Å². The maximum Gasteiger partial charge on any atom is 0.332 e. The summed E-state index contributed by atoms with van der Waals surface area (Å²) in [5.41, 5.74) is -0.666. The smallest absolute Gasteiger partial charge is 0.332 e. The van der Waals surface area contributed by atoms with Crippen LogP contribution >= 0.6 is 0 Å². The molecule has 0 heterocycles. The lowest BCUT2D eigenvalue weighted by molar-refractivity contribution is -0.144. The van der Waals surface area contributed by atoms with Crippen molar-refractivity contribution >= 4 is 17.8 Å². The molecule has 1 amide bonds. The van der Waals surface area contributed by atoms with Crippen LogP contribution < -0.4 is 5.32 Å². The van der Waals surface area contributed by atoms with E-state index in [2.05, 4.69) is 5.32 Å². The molecule has 1 saturated carbocycles. The molecule has 0 aromatic heterocycles. The Kier molecular flexibility index (Phi) is 5.16. The summed E-state index contributed by atoms with van der Waals surface area (Å²) in [6.45, 7) is 1.99. The molecule has 1 aliphatic carbocycles. The number of ether oxygens (including phenoxy) is 2. The third-order valence-electron chi connectivity index (χ3n) is 3.69. The fraction of sp³-hybridized carbons (Fsp3) is 0.353. The first kappa shape index (κ1) is 16.7. The highest BCUT2D eigenvalue weighted by Crippen LogP contribution is 2.45. The second-order valence-corrected chi connectivity index (χ2v) is 5.20. The second-order valence-electron chi connectivity index (χ2n) is 5.20. The molecule has 0 radical (unpaired) electrons. The number of benzene rings is 1. The first-order valence-corrected chi connectivity index (χ1v) is 7.34. The highest BCUT2D eigenvalue weighted by atomic mass is 16.5. The summed E-state index contributed by atoms with van der Waals surface area (Å²) >= 11 is 0. The number of amides is 1. The lowest BCUT2D eigenvalue weighted by atomic mass is 10.1. The Morgan fingerprint density at radius 2 is 2.00 bits per heavy atom. The molecule has 1 fully saturated rings. The van der Waals surface area contributed by atoms with Crippen molar-refractivity contribution in [1.82, 2.24) is 5.32 Å². The number of methoxy groups -OCH3 is 1. The highest BCUT2D eigenvalue weighted by molar-refractivity contribution is 5.99. The number of carbonyl (C=O) groups is 3. The van der Waals surface area contributed by atoms with Gasteiger partial charge in [0, 0.05) is 17.6 Å². The SMILES string of the molecule is CCOC(=O)/C=C/[C@@H]1C[C@@]1(NC(=O)c1ccccc1)C(=O)OC. The summed E-state index contributed by atoms with van der Waals surface area (Å²) in [4.78, 5) is 35.7. The first-order chi connectivity index (χ1) is 11.0. The summed E-state index contributed by atoms with van der Waals surface area (Å²) in [5, 5.41) is 2.72. The number of nitrogens with one attached hydrogen (secondary N) is 1. The van der Waals surface area contributed by atoms with Gasteiger partial charge in [-0.3, -0.25) is 4.79 Å². The zero-order valence-electron chi connectivity index (χ0n) is 13.1. The standard InChI is InChI=1S/C17H19NO5/c1-3-23-14(19)10-9-13-11-17(13,16(21)22-2)18-15(20)12-7-5-4-6-8-12/h4-10,13H,3,11H2,1-2H3,(H,18,20)/b10-9+/t13-,17+/m1/s1. The number of hydrogen-bond donors (Lipinski definition) is 1. The Hall–Kier alpha value is -2.63. The summed E-state index contributed by atoms with van der Waals surface area (Å²) in [5.74, 6) is -1.66. The molecule has 0 aliphatic heterocycles. The van der Waals surface area contributed by atoms with Gasteiger partial charge < -0.3 is 14.8 Å². The van der Waals surface area contributed by atoms with Crippen molar-refractivity contribution in [1.29, 1.82) is 0 Å². The Labute approximate surface area is 134 Å². The van der Waals surface area contributed by atoms with Crippen LogP contribution in [0.15, 0.2) is 42.5 Å². The molecule has 2 rings (SSSR count). The largest absolute Gasteiger partial charge is 0.467 e. The Morgan fingerprint density at radius 1 is 1.30 bits per heavy atom. The molecule has 1 N–H and O–H groups in total. The normalized spacial score (nSPS) is 22.4. The zero-order chi connectivity index (χ0) is 16.9. The fourth-order valence-corrected chi connectivity index (χ4v) is 2.38. The van der Waals surface area contributed by atoms with Crippen LogP contribution in [0.4, 0.5) is 0 Å². The maximum atomic E-state index is 12.3. The summed E-state index contributed by atoms with van der Waals surface area (Å²) < 4.78 is 9.59. The monoisotopic (exact) mass is 317 g/mol. The molecular weight excluding hydrogens is 298 g/mol. The Balaban J connectivity index is 2.09. The molecule has 2 atom stereocenters. The van der Waals surface area contributed by atoms with Crippen LogP contribution in [0.2, 0.25) is 0 Å². The summed E-state index contributed by atoms with van der Waals surface area (Å²) in [6.07, 6.45) is 3.22. The fourth-order valence-electron chi connectivity index (χ4n) is 2.38. The van der Waals surface area contributed by atoms with Gasteiger partial charge in [-0.2, -0.15) is 0 Å². The van der Waals surface area contributed by atoms with Crippen molar-refractivity contribution in [2.75, 3.05) is 13.7 Å². The van der Waals surface area contributed by atoms with E-state index >= 15 is 0 Å². The minimum Gasteiger partial charge on any atom is -0.467 e. The van der Waals surface area contributed by atoms with Gasteiger partial charge in [0.25, 0.3) is 5.91 Å². The van der Waals surface area contributed by atoms with Gasteiger partial charge in [-0.25, -0.2) is 9.59 Å². The minimum absolute atomic E-state index is 0.278. The molecule has 6 nitrogen and oxygen atoms in total. The van der Waals surface area contributed by atoms with Crippen molar-refractivity contribution in [2.45, 2.75) is 18.9 Å². The highest BCUT2D eigenvalue weighted by Gasteiger charge is 2.61. The van der Waals surface area contributed by atoms with Gasteiger partial charge in [0.1, 0.15) is 5.54 Å². The van der Waals surface area contributed by atoms with Crippen molar-refractivity contribution < 1.29 is 23.9 Å². The molecule has 0 bridgehead atoms. The molecular formula is C17H19NO5. The summed E-state index contributed by atoms with van der Waals surface area (Å²) in [6, 6.07) is 8.60. The zero-order valence-corrected chi connectivity index (χ0v) is 13.1. The third-order valence-corrected chi connectivity index (χ3v) is 3.69. The van der Waals surface area contributed by atoms with Crippen LogP contribution in [0.25, 0.3) is 0 Å². The second kappa shape index (κ2) is 7.09. The van der Waals surface area contributed by atoms with E-state index in [-0.39, 0.29) is 18.4 Å². The average molecular weight is 317 g/mol. The Bertz CT molecular complexity index is 625. The van der Waals surface area contributed by atoms with Crippen molar-refractivity contribution in [3.63, 3.8) is 0 Å². The quantitative estimate of drug-likeness (QED) is 0.634. The van der Waals surface area contributed by atoms with Crippen LogP contribution in [0.1, 0.15) is 23.7 Å². The van der Waals surface area contributed by atoms with Crippen LogP contribution in [-0.2, 0) is 19.1 Å². The molecule has 1 aromatic rings.